The van der Waals surface area contributed by atoms with Crippen molar-refractivity contribution in [2.45, 2.75) is 13.0 Å². The standard InChI is InChI=1S/C21H20N2O2/c1-2-25-21-18(14-9-15-22-21)20(24)23-19(16-10-5-3-6-11-16)17-12-7-4-8-13-17/h3-15,19H,2H2,1H3,(H,23,24). The number of pyridine rings is 1. The highest BCUT2D eigenvalue weighted by Crippen LogP contribution is 2.23. The SMILES string of the molecule is CCOc1ncccc1C(=O)NC(c1ccccc1)c1ccccc1. The number of hydrogen-bond acceptors (Lipinski definition) is 3. The number of aromatic nitrogens is 1. The molecule has 0 aliphatic carbocycles. The summed E-state index contributed by atoms with van der Waals surface area (Å²) in [6, 6.07) is 23.0. The topological polar surface area (TPSA) is 51.2 Å². The molecule has 1 N–H and O–H groups in total. The van der Waals surface area contributed by atoms with Gasteiger partial charge < -0.3 is 10.1 Å². The highest BCUT2D eigenvalue weighted by atomic mass is 16.5. The predicted octanol–water partition coefficient (Wildman–Crippen LogP) is 4.00. The molecule has 1 amide bonds. The van der Waals surface area contributed by atoms with Gasteiger partial charge in [-0.15, -0.1) is 0 Å². The van der Waals surface area contributed by atoms with E-state index in [2.05, 4.69) is 10.3 Å². The Hall–Kier alpha value is -3.14. The van der Waals surface area contributed by atoms with Crippen molar-refractivity contribution in [3.63, 3.8) is 0 Å². The van der Waals surface area contributed by atoms with Gasteiger partial charge in [0.1, 0.15) is 5.56 Å². The summed E-state index contributed by atoms with van der Waals surface area (Å²) in [5.74, 6) is 0.136. The molecule has 0 aliphatic heterocycles. The Balaban J connectivity index is 1.92. The van der Waals surface area contributed by atoms with Crippen LogP contribution in [0.2, 0.25) is 0 Å². The smallest absolute Gasteiger partial charge is 0.257 e. The van der Waals surface area contributed by atoms with Crippen molar-refractivity contribution >= 4 is 5.91 Å². The van der Waals surface area contributed by atoms with Gasteiger partial charge in [-0.2, -0.15) is 0 Å². The average Bonchev–Trinajstić information content (AvgIpc) is 2.68. The number of carbonyl (C=O) groups excluding carboxylic acids is 1. The highest BCUT2D eigenvalue weighted by molar-refractivity contribution is 5.96. The van der Waals surface area contributed by atoms with Crippen LogP contribution in [0.5, 0.6) is 5.88 Å². The number of nitrogens with one attached hydrogen (secondary N) is 1. The molecule has 1 heterocycles. The Morgan fingerprint density at radius 2 is 1.56 bits per heavy atom. The van der Waals surface area contributed by atoms with E-state index in [9.17, 15) is 4.79 Å². The largest absolute Gasteiger partial charge is 0.477 e. The van der Waals surface area contributed by atoms with Gasteiger partial charge in [-0.05, 0) is 30.2 Å². The summed E-state index contributed by atoms with van der Waals surface area (Å²) in [5.41, 5.74) is 2.47. The number of carbonyl (C=O) groups is 1. The fraction of sp³-hybridized carbons (Fsp3) is 0.143. The normalized spacial score (nSPS) is 10.5. The lowest BCUT2D eigenvalue weighted by Gasteiger charge is -2.20. The number of hydrogen-bond donors (Lipinski definition) is 1. The van der Waals surface area contributed by atoms with E-state index in [0.29, 0.717) is 18.1 Å². The van der Waals surface area contributed by atoms with Crippen molar-refractivity contribution < 1.29 is 9.53 Å². The van der Waals surface area contributed by atoms with Gasteiger partial charge in [-0.25, -0.2) is 4.98 Å². The Morgan fingerprint density at radius 3 is 2.12 bits per heavy atom. The van der Waals surface area contributed by atoms with Crippen LogP contribution in [-0.2, 0) is 0 Å². The zero-order valence-corrected chi connectivity index (χ0v) is 14.1. The third kappa shape index (κ3) is 4.04. The molecule has 0 spiro atoms. The van der Waals surface area contributed by atoms with Gasteiger partial charge in [0.2, 0.25) is 5.88 Å². The molecule has 25 heavy (non-hydrogen) atoms. The predicted molar refractivity (Wildman–Crippen MR) is 97.6 cm³/mol. The third-order valence-electron chi connectivity index (χ3n) is 3.84. The van der Waals surface area contributed by atoms with E-state index in [1.165, 1.54) is 0 Å². The lowest BCUT2D eigenvalue weighted by atomic mass is 9.98. The van der Waals surface area contributed by atoms with Crippen LogP contribution in [0.1, 0.15) is 34.5 Å². The van der Waals surface area contributed by atoms with Crippen LogP contribution >= 0.6 is 0 Å². The van der Waals surface area contributed by atoms with E-state index in [1.54, 1.807) is 18.3 Å². The number of benzene rings is 2. The second kappa shape index (κ2) is 8.11. The second-order valence-corrected chi connectivity index (χ2v) is 5.52. The molecule has 0 aliphatic rings. The van der Waals surface area contributed by atoms with Gasteiger partial charge in [-0.1, -0.05) is 60.7 Å². The van der Waals surface area contributed by atoms with Crippen LogP contribution in [0.15, 0.2) is 79.0 Å². The molecule has 0 saturated heterocycles. The van der Waals surface area contributed by atoms with Crippen LogP contribution in [0.3, 0.4) is 0 Å². The molecule has 126 valence electrons. The highest BCUT2D eigenvalue weighted by Gasteiger charge is 2.20. The summed E-state index contributed by atoms with van der Waals surface area (Å²) in [7, 11) is 0. The van der Waals surface area contributed by atoms with Crippen molar-refractivity contribution in [1.29, 1.82) is 0 Å². The molecule has 1 aromatic heterocycles. The van der Waals surface area contributed by atoms with E-state index in [-0.39, 0.29) is 11.9 Å². The molecule has 0 unspecified atom stereocenters. The van der Waals surface area contributed by atoms with E-state index in [4.69, 9.17) is 4.74 Å². The maximum Gasteiger partial charge on any atom is 0.257 e. The fourth-order valence-electron chi connectivity index (χ4n) is 2.67. The minimum atomic E-state index is -0.246. The van der Waals surface area contributed by atoms with Crippen LogP contribution in [0.4, 0.5) is 0 Å². The first-order valence-electron chi connectivity index (χ1n) is 8.28. The second-order valence-electron chi connectivity index (χ2n) is 5.52. The number of ether oxygens (including phenoxy) is 1. The quantitative estimate of drug-likeness (QED) is 0.742. The summed E-state index contributed by atoms with van der Waals surface area (Å²) in [5, 5.41) is 3.11. The van der Waals surface area contributed by atoms with Crippen molar-refractivity contribution in [1.82, 2.24) is 10.3 Å². The van der Waals surface area contributed by atoms with Crippen molar-refractivity contribution in [3.8, 4) is 5.88 Å². The molecular weight excluding hydrogens is 312 g/mol. The zero-order valence-electron chi connectivity index (χ0n) is 14.1. The average molecular weight is 332 g/mol. The minimum Gasteiger partial charge on any atom is -0.477 e. The molecule has 0 atom stereocenters. The van der Waals surface area contributed by atoms with Crippen LogP contribution < -0.4 is 10.1 Å². The van der Waals surface area contributed by atoms with Crippen LogP contribution in [0, 0.1) is 0 Å². The molecule has 3 aromatic rings. The Labute approximate surface area is 147 Å². The number of amides is 1. The van der Waals surface area contributed by atoms with Gasteiger partial charge in [0.15, 0.2) is 0 Å². The molecule has 2 aromatic carbocycles. The lowest BCUT2D eigenvalue weighted by molar-refractivity contribution is 0.0938. The van der Waals surface area contributed by atoms with Crippen molar-refractivity contribution in [3.05, 3.63) is 95.7 Å². The first-order valence-corrected chi connectivity index (χ1v) is 8.28. The Morgan fingerprint density at radius 1 is 0.960 bits per heavy atom. The molecule has 4 nitrogen and oxygen atoms in total. The summed E-state index contributed by atoms with van der Waals surface area (Å²) in [6.45, 7) is 2.32. The summed E-state index contributed by atoms with van der Waals surface area (Å²) in [6.07, 6.45) is 1.62. The van der Waals surface area contributed by atoms with Gasteiger partial charge in [0.25, 0.3) is 5.91 Å². The lowest BCUT2D eigenvalue weighted by Crippen LogP contribution is -2.29. The van der Waals surface area contributed by atoms with Gasteiger partial charge in [0, 0.05) is 6.20 Å². The molecule has 0 fully saturated rings. The van der Waals surface area contributed by atoms with Crippen LogP contribution in [0.25, 0.3) is 0 Å². The van der Waals surface area contributed by atoms with E-state index >= 15 is 0 Å². The maximum absolute atomic E-state index is 12.9. The van der Waals surface area contributed by atoms with Crippen LogP contribution in [-0.4, -0.2) is 17.5 Å². The molecule has 0 bridgehead atoms. The minimum absolute atomic E-state index is 0.214. The van der Waals surface area contributed by atoms with Gasteiger partial charge in [0.05, 0.1) is 12.6 Å². The number of nitrogens with zero attached hydrogens (tertiary/aromatic N) is 1. The van der Waals surface area contributed by atoms with Gasteiger partial charge >= 0.3 is 0 Å². The van der Waals surface area contributed by atoms with Crippen molar-refractivity contribution in [2.24, 2.45) is 0 Å². The zero-order chi connectivity index (χ0) is 17.5. The first kappa shape index (κ1) is 16.7. The Kier molecular flexibility index (Phi) is 5.42. The molecule has 3 rings (SSSR count). The third-order valence-corrected chi connectivity index (χ3v) is 3.84. The van der Waals surface area contributed by atoms with Crippen molar-refractivity contribution in [2.75, 3.05) is 6.61 Å². The maximum atomic E-state index is 12.9. The summed E-state index contributed by atoms with van der Waals surface area (Å²) in [4.78, 5) is 17.0. The Bertz CT molecular complexity index is 780. The number of rotatable bonds is 6. The first-order chi connectivity index (χ1) is 12.3. The van der Waals surface area contributed by atoms with Gasteiger partial charge in [-0.3, -0.25) is 4.79 Å². The molecule has 4 heteroatoms. The monoisotopic (exact) mass is 332 g/mol. The summed E-state index contributed by atoms with van der Waals surface area (Å²) >= 11 is 0. The van der Waals surface area contributed by atoms with E-state index in [0.717, 1.165) is 11.1 Å². The van der Waals surface area contributed by atoms with E-state index < -0.39 is 0 Å². The van der Waals surface area contributed by atoms with E-state index in [1.807, 2.05) is 67.6 Å². The molecule has 0 radical (unpaired) electrons. The summed E-state index contributed by atoms with van der Waals surface area (Å²) < 4.78 is 5.48. The molecule has 0 saturated carbocycles. The molecular formula is C21H20N2O2. The fourth-order valence-corrected chi connectivity index (χ4v) is 2.67.